The summed E-state index contributed by atoms with van der Waals surface area (Å²) in [6, 6.07) is 16.1. The molecule has 0 spiro atoms. The molecule has 8 heteroatoms. The zero-order chi connectivity index (χ0) is 23.7. The number of rotatable bonds is 6. The lowest BCUT2D eigenvalue weighted by Crippen LogP contribution is -2.44. The van der Waals surface area contributed by atoms with Crippen LogP contribution in [0.15, 0.2) is 60.7 Å². The van der Waals surface area contributed by atoms with Crippen LogP contribution in [-0.2, 0) is 11.3 Å². The topological polar surface area (TPSA) is 76.1 Å². The Morgan fingerprint density at radius 2 is 1.64 bits per heavy atom. The Bertz CT molecular complexity index is 1210. The van der Waals surface area contributed by atoms with Gasteiger partial charge in [0.05, 0.1) is 20.3 Å². The second kappa shape index (κ2) is 9.33. The molecule has 170 valence electrons. The molecule has 0 saturated heterocycles. The van der Waals surface area contributed by atoms with Gasteiger partial charge in [-0.25, -0.2) is 0 Å². The maximum absolute atomic E-state index is 13.7. The van der Waals surface area contributed by atoms with E-state index in [2.05, 4.69) is 0 Å². The standard InChI is InChI=1S/C25H21Cl2NO5/c1-32-16-9-14(10-17(12-16)33-2)13-28-23(20-8-7-15(26)11-21(20)27)22(25(30)31)18-5-3-4-6-19(18)24(28)29/h3-12,22-23H,13H2,1-2H3,(H,30,31). The van der Waals surface area contributed by atoms with Crippen molar-refractivity contribution in [2.75, 3.05) is 14.2 Å². The Hall–Kier alpha value is -3.22. The van der Waals surface area contributed by atoms with Crippen molar-refractivity contribution in [3.63, 3.8) is 0 Å². The van der Waals surface area contributed by atoms with Crippen LogP contribution in [0.1, 0.15) is 39.0 Å². The Labute approximate surface area is 201 Å². The van der Waals surface area contributed by atoms with Crippen LogP contribution in [0.3, 0.4) is 0 Å². The number of hydrogen-bond donors (Lipinski definition) is 1. The number of benzene rings is 3. The van der Waals surface area contributed by atoms with Crippen LogP contribution in [0.4, 0.5) is 0 Å². The highest BCUT2D eigenvalue weighted by atomic mass is 35.5. The van der Waals surface area contributed by atoms with E-state index >= 15 is 0 Å². The zero-order valence-electron chi connectivity index (χ0n) is 17.9. The molecule has 0 saturated carbocycles. The molecule has 3 aromatic carbocycles. The average molecular weight is 486 g/mol. The van der Waals surface area contributed by atoms with Gasteiger partial charge in [-0.2, -0.15) is 0 Å². The molecular formula is C25H21Cl2NO5. The normalized spacial score (nSPS) is 17.5. The van der Waals surface area contributed by atoms with Crippen molar-refractivity contribution in [1.82, 2.24) is 4.90 Å². The van der Waals surface area contributed by atoms with Crippen LogP contribution in [0, 0.1) is 0 Å². The summed E-state index contributed by atoms with van der Waals surface area (Å²) in [5, 5.41) is 11.0. The molecule has 2 atom stereocenters. The van der Waals surface area contributed by atoms with Gasteiger partial charge >= 0.3 is 5.97 Å². The molecule has 3 aromatic rings. The van der Waals surface area contributed by atoms with Crippen LogP contribution >= 0.6 is 23.2 Å². The lowest BCUT2D eigenvalue weighted by molar-refractivity contribution is -0.140. The summed E-state index contributed by atoms with van der Waals surface area (Å²) in [5.41, 5.74) is 2.02. The maximum atomic E-state index is 13.7. The van der Waals surface area contributed by atoms with Gasteiger partial charge in [0, 0.05) is 28.2 Å². The van der Waals surface area contributed by atoms with Gasteiger partial charge in [0.1, 0.15) is 17.4 Å². The van der Waals surface area contributed by atoms with Crippen molar-refractivity contribution in [1.29, 1.82) is 0 Å². The Balaban J connectivity index is 1.90. The van der Waals surface area contributed by atoms with Gasteiger partial charge in [-0.05, 0) is 47.0 Å². The molecule has 0 bridgehead atoms. The number of fused-ring (bicyclic) bond motifs is 1. The number of hydrogen-bond acceptors (Lipinski definition) is 4. The first-order valence-corrected chi connectivity index (χ1v) is 10.9. The summed E-state index contributed by atoms with van der Waals surface area (Å²) in [6.45, 7) is 0.119. The fourth-order valence-corrected chi connectivity index (χ4v) is 4.80. The van der Waals surface area contributed by atoms with Crippen LogP contribution in [0.25, 0.3) is 0 Å². The highest BCUT2D eigenvalue weighted by Crippen LogP contribution is 2.46. The second-order valence-corrected chi connectivity index (χ2v) is 8.51. The molecule has 0 radical (unpaired) electrons. The molecule has 0 aliphatic carbocycles. The molecule has 1 N–H and O–H groups in total. The van der Waals surface area contributed by atoms with Gasteiger partial charge < -0.3 is 19.5 Å². The van der Waals surface area contributed by atoms with Crippen molar-refractivity contribution >= 4 is 35.1 Å². The minimum Gasteiger partial charge on any atom is -0.497 e. The molecule has 4 rings (SSSR count). The van der Waals surface area contributed by atoms with E-state index in [4.69, 9.17) is 32.7 Å². The minimum absolute atomic E-state index is 0.119. The Kier molecular flexibility index (Phi) is 6.49. The second-order valence-electron chi connectivity index (χ2n) is 7.67. The highest BCUT2D eigenvalue weighted by Gasteiger charge is 2.45. The lowest BCUT2D eigenvalue weighted by Gasteiger charge is -2.41. The van der Waals surface area contributed by atoms with E-state index in [0.717, 1.165) is 5.56 Å². The first kappa shape index (κ1) is 23.0. The van der Waals surface area contributed by atoms with E-state index in [1.807, 2.05) is 0 Å². The summed E-state index contributed by atoms with van der Waals surface area (Å²) in [6.07, 6.45) is 0. The van der Waals surface area contributed by atoms with Crippen LogP contribution < -0.4 is 9.47 Å². The van der Waals surface area contributed by atoms with Gasteiger partial charge in [0.25, 0.3) is 5.91 Å². The summed E-state index contributed by atoms with van der Waals surface area (Å²) >= 11 is 12.6. The fraction of sp³-hybridized carbons (Fsp3) is 0.200. The van der Waals surface area contributed by atoms with Crippen molar-refractivity contribution in [2.45, 2.75) is 18.5 Å². The smallest absolute Gasteiger partial charge is 0.313 e. The van der Waals surface area contributed by atoms with E-state index in [0.29, 0.717) is 38.2 Å². The van der Waals surface area contributed by atoms with Gasteiger partial charge in [-0.1, -0.05) is 47.5 Å². The molecule has 33 heavy (non-hydrogen) atoms. The first-order chi connectivity index (χ1) is 15.8. The number of aliphatic carboxylic acids is 1. The molecule has 0 aromatic heterocycles. The maximum Gasteiger partial charge on any atom is 0.313 e. The van der Waals surface area contributed by atoms with E-state index in [-0.39, 0.29) is 12.5 Å². The lowest BCUT2D eigenvalue weighted by atomic mass is 9.79. The number of methoxy groups -OCH3 is 2. The predicted octanol–water partition coefficient (Wildman–Crippen LogP) is 5.58. The number of carboxylic acid groups (broad SMARTS) is 1. The van der Waals surface area contributed by atoms with Crippen LogP contribution in [0.5, 0.6) is 11.5 Å². The van der Waals surface area contributed by atoms with Crippen molar-refractivity contribution in [3.8, 4) is 11.5 Å². The monoisotopic (exact) mass is 485 g/mol. The third-order valence-electron chi connectivity index (χ3n) is 5.75. The predicted molar refractivity (Wildman–Crippen MR) is 125 cm³/mol. The molecular weight excluding hydrogens is 465 g/mol. The quantitative estimate of drug-likeness (QED) is 0.493. The van der Waals surface area contributed by atoms with Crippen molar-refractivity contribution in [3.05, 3.63) is 93.0 Å². The van der Waals surface area contributed by atoms with Crippen molar-refractivity contribution < 1.29 is 24.2 Å². The number of halogens is 2. The summed E-state index contributed by atoms with van der Waals surface area (Å²) in [4.78, 5) is 27.7. The SMILES string of the molecule is COc1cc(CN2C(=O)c3ccccc3C(C(=O)O)C2c2ccc(Cl)cc2Cl)cc(OC)c1. The van der Waals surface area contributed by atoms with Crippen molar-refractivity contribution in [2.24, 2.45) is 0 Å². The third kappa shape index (κ3) is 4.36. The van der Waals surface area contributed by atoms with E-state index < -0.39 is 17.9 Å². The van der Waals surface area contributed by atoms with Gasteiger partial charge in [-0.15, -0.1) is 0 Å². The largest absolute Gasteiger partial charge is 0.497 e. The summed E-state index contributed by atoms with van der Waals surface area (Å²) < 4.78 is 10.7. The number of nitrogens with zero attached hydrogens (tertiary/aromatic N) is 1. The van der Waals surface area contributed by atoms with E-state index in [1.165, 1.54) is 19.1 Å². The summed E-state index contributed by atoms with van der Waals surface area (Å²) in [7, 11) is 3.08. The fourth-order valence-electron chi connectivity index (χ4n) is 4.28. The zero-order valence-corrected chi connectivity index (χ0v) is 19.4. The van der Waals surface area contributed by atoms with E-state index in [9.17, 15) is 14.7 Å². The molecule has 0 fully saturated rings. The Morgan fingerprint density at radius 3 is 2.24 bits per heavy atom. The van der Waals surface area contributed by atoms with Gasteiger partial charge in [0.2, 0.25) is 0 Å². The molecule has 1 heterocycles. The minimum atomic E-state index is -1.06. The average Bonchev–Trinajstić information content (AvgIpc) is 2.80. The number of carbonyl (C=O) groups excluding carboxylic acids is 1. The molecule has 1 amide bonds. The molecule has 1 aliphatic heterocycles. The number of amides is 1. The number of ether oxygens (including phenoxy) is 2. The van der Waals surface area contributed by atoms with Gasteiger partial charge in [-0.3, -0.25) is 9.59 Å². The van der Waals surface area contributed by atoms with Crippen LogP contribution in [0.2, 0.25) is 10.0 Å². The third-order valence-corrected chi connectivity index (χ3v) is 6.31. The Morgan fingerprint density at radius 1 is 0.970 bits per heavy atom. The number of carbonyl (C=O) groups is 2. The first-order valence-electron chi connectivity index (χ1n) is 10.1. The van der Waals surface area contributed by atoms with Gasteiger partial charge in [0.15, 0.2) is 0 Å². The molecule has 6 nitrogen and oxygen atoms in total. The van der Waals surface area contributed by atoms with Crippen LogP contribution in [-0.4, -0.2) is 36.1 Å². The summed E-state index contributed by atoms with van der Waals surface area (Å²) in [5.74, 6) is -1.25. The molecule has 2 unspecified atom stereocenters. The molecule has 1 aliphatic rings. The highest BCUT2D eigenvalue weighted by molar-refractivity contribution is 6.35. The number of carboxylic acids is 1. The van der Waals surface area contributed by atoms with E-state index in [1.54, 1.807) is 60.7 Å².